The maximum atomic E-state index is 12.9. The summed E-state index contributed by atoms with van der Waals surface area (Å²) in [4.78, 5) is 17.9. The van der Waals surface area contributed by atoms with Crippen LogP contribution in [-0.4, -0.2) is 45.8 Å². The number of thiazole rings is 1. The fourth-order valence-electron chi connectivity index (χ4n) is 3.53. The van der Waals surface area contributed by atoms with Gasteiger partial charge in [0.25, 0.3) is 5.91 Å². The minimum atomic E-state index is -3.24. The Kier molecular flexibility index (Phi) is 6.07. The quantitative estimate of drug-likeness (QED) is 0.583. The third-order valence-electron chi connectivity index (χ3n) is 5.15. The van der Waals surface area contributed by atoms with Gasteiger partial charge < -0.3 is 14.8 Å². The second-order valence-electron chi connectivity index (χ2n) is 7.25. The number of aryl methyl sites for hydroxylation is 1. The standard InChI is InChI=1S/C22H23N3O5S2/c1-14-20(31-22(23-14)15-5-10-18(29-2)19(13-15)30-3)21(26)24-16-6-8-17(9-7-16)25-11-4-12-32(25,27)28/h5-10,13H,4,11-12H2,1-3H3,(H,24,26). The van der Waals surface area contributed by atoms with E-state index >= 15 is 0 Å². The van der Waals surface area contributed by atoms with Crippen molar-refractivity contribution < 1.29 is 22.7 Å². The van der Waals surface area contributed by atoms with Crippen LogP contribution in [0.3, 0.4) is 0 Å². The highest BCUT2D eigenvalue weighted by molar-refractivity contribution is 7.93. The molecule has 1 aliphatic heterocycles. The molecule has 1 amide bonds. The van der Waals surface area contributed by atoms with Crippen LogP contribution >= 0.6 is 11.3 Å². The first kappa shape index (κ1) is 22.1. The van der Waals surface area contributed by atoms with Gasteiger partial charge in [-0.15, -0.1) is 11.3 Å². The van der Waals surface area contributed by atoms with Crippen molar-refractivity contribution in [3.05, 3.63) is 53.0 Å². The summed E-state index contributed by atoms with van der Waals surface area (Å²) in [6, 6.07) is 12.3. The predicted octanol–water partition coefficient (Wildman–Crippen LogP) is 3.93. The van der Waals surface area contributed by atoms with Crippen LogP contribution in [0.4, 0.5) is 11.4 Å². The van der Waals surface area contributed by atoms with Crippen molar-refractivity contribution in [2.24, 2.45) is 0 Å². The number of anilines is 2. The maximum Gasteiger partial charge on any atom is 0.267 e. The van der Waals surface area contributed by atoms with Crippen LogP contribution in [0.1, 0.15) is 21.8 Å². The van der Waals surface area contributed by atoms with E-state index < -0.39 is 10.0 Å². The number of carbonyl (C=O) groups is 1. The van der Waals surface area contributed by atoms with Crippen molar-refractivity contribution in [2.45, 2.75) is 13.3 Å². The number of methoxy groups -OCH3 is 2. The van der Waals surface area contributed by atoms with E-state index in [-0.39, 0.29) is 11.7 Å². The van der Waals surface area contributed by atoms with Gasteiger partial charge in [0.2, 0.25) is 10.0 Å². The van der Waals surface area contributed by atoms with Crippen LogP contribution in [0.2, 0.25) is 0 Å². The zero-order valence-corrected chi connectivity index (χ0v) is 19.5. The van der Waals surface area contributed by atoms with Crippen LogP contribution in [-0.2, 0) is 10.0 Å². The lowest BCUT2D eigenvalue weighted by atomic mass is 10.2. The molecular formula is C22H23N3O5S2. The molecule has 4 rings (SSSR count). The van der Waals surface area contributed by atoms with Crippen molar-refractivity contribution in [3.8, 4) is 22.1 Å². The summed E-state index contributed by atoms with van der Waals surface area (Å²) in [6.45, 7) is 2.27. The highest BCUT2D eigenvalue weighted by Gasteiger charge is 2.28. The smallest absolute Gasteiger partial charge is 0.267 e. The van der Waals surface area contributed by atoms with Crippen LogP contribution in [0.15, 0.2) is 42.5 Å². The Balaban J connectivity index is 1.52. The second-order valence-corrected chi connectivity index (χ2v) is 10.3. The Morgan fingerprint density at radius 3 is 2.44 bits per heavy atom. The molecule has 0 spiro atoms. The van der Waals surface area contributed by atoms with Crippen LogP contribution < -0.4 is 19.1 Å². The van der Waals surface area contributed by atoms with Gasteiger partial charge in [-0.05, 0) is 55.8 Å². The first-order valence-corrected chi connectivity index (χ1v) is 12.4. The molecule has 1 saturated heterocycles. The summed E-state index contributed by atoms with van der Waals surface area (Å²) in [5.41, 5.74) is 2.63. The number of ether oxygens (including phenoxy) is 2. The number of aromatic nitrogens is 1. The summed E-state index contributed by atoms with van der Waals surface area (Å²) in [7, 11) is -0.0942. The first-order valence-electron chi connectivity index (χ1n) is 9.94. The lowest BCUT2D eigenvalue weighted by Crippen LogP contribution is -2.24. The highest BCUT2D eigenvalue weighted by atomic mass is 32.2. The van der Waals surface area contributed by atoms with Crippen LogP contribution in [0.25, 0.3) is 10.6 Å². The molecule has 1 aromatic heterocycles. The van der Waals surface area contributed by atoms with E-state index in [0.717, 1.165) is 5.56 Å². The summed E-state index contributed by atoms with van der Waals surface area (Å²) in [5, 5.41) is 3.56. The van der Waals surface area contributed by atoms with Gasteiger partial charge in [-0.2, -0.15) is 0 Å². The zero-order chi connectivity index (χ0) is 22.9. The molecule has 10 heteroatoms. The largest absolute Gasteiger partial charge is 0.493 e. The fraction of sp³-hybridized carbons (Fsp3) is 0.273. The number of nitrogens with zero attached hydrogens (tertiary/aromatic N) is 2. The fourth-order valence-corrected chi connectivity index (χ4v) is 6.05. The van der Waals surface area contributed by atoms with Crippen molar-refractivity contribution in [2.75, 3.05) is 36.1 Å². The summed E-state index contributed by atoms with van der Waals surface area (Å²) in [5.74, 6) is 1.10. The van der Waals surface area contributed by atoms with Crippen LogP contribution in [0, 0.1) is 6.92 Å². The molecule has 0 bridgehead atoms. The van der Waals surface area contributed by atoms with E-state index in [1.165, 1.54) is 15.6 Å². The summed E-state index contributed by atoms with van der Waals surface area (Å²) < 4.78 is 36.2. The number of carbonyl (C=O) groups excluding carboxylic acids is 1. The summed E-state index contributed by atoms with van der Waals surface area (Å²) in [6.07, 6.45) is 0.619. The van der Waals surface area contributed by atoms with Crippen molar-refractivity contribution in [1.82, 2.24) is 4.98 Å². The van der Waals surface area contributed by atoms with Gasteiger partial charge in [0.05, 0.1) is 31.4 Å². The molecule has 3 aromatic rings. The van der Waals surface area contributed by atoms with Gasteiger partial charge in [-0.25, -0.2) is 13.4 Å². The van der Waals surface area contributed by atoms with E-state index in [9.17, 15) is 13.2 Å². The molecular weight excluding hydrogens is 450 g/mol. The number of hydrogen-bond donors (Lipinski definition) is 1. The second kappa shape index (κ2) is 8.79. The number of benzene rings is 2. The van der Waals surface area contributed by atoms with Gasteiger partial charge in [0.1, 0.15) is 9.88 Å². The molecule has 32 heavy (non-hydrogen) atoms. The number of amides is 1. The van der Waals surface area contributed by atoms with Gasteiger partial charge in [0.15, 0.2) is 11.5 Å². The number of nitrogens with one attached hydrogen (secondary N) is 1. The van der Waals surface area contributed by atoms with Crippen molar-refractivity contribution >= 4 is 38.6 Å². The van der Waals surface area contributed by atoms with Crippen molar-refractivity contribution in [1.29, 1.82) is 0 Å². The Bertz CT molecular complexity index is 1250. The van der Waals surface area contributed by atoms with Gasteiger partial charge in [-0.1, -0.05) is 0 Å². The van der Waals surface area contributed by atoms with Gasteiger partial charge in [0, 0.05) is 17.8 Å². The van der Waals surface area contributed by atoms with E-state index in [1.54, 1.807) is 51.5 Å². The topological polar surface area (TPSA) is 97.8 Å². The van der Waals surface area contributed by atoms with Crippen LogP contribution in [0.5, 0.6) is 11.5 Å². The molecule has 168 valence electrons. The van der Waals surface area contributed by atoms with Gasteiger partial charge >= 0.3 is 0 Å². The average molecular weight is 474 g/mol. The lowest BCUT2D eigenvalue weighted by molar-refractivity contribution is 0.103. The third kappa shape index (κ3) is 4.28. The third-order valence-corrected chi connectivity index (χ3v) is 8.22. The molecule has 0 atom stereocenters. The molecule has 2 aromatic carbocycles. The highest BCUT2D eigenvalue weighted by Crippen LogP contribution is 2.35. The monoisotopic (exact) mass is 473 g/mol. The Morgan fingerprint density at radius 2 is 1.81 bits per heavy atom. The molecule has 0 saturated carbocycles. The average Bonchev–Trinajstić information content (AvgIpc) is 3.35. The zero-order valence-electron chi connectivity index (χ0n) is 17.9. The molecule has 1 fully saturated rings. The molecule has 1 N–H and O–H groups in total. The minimum Gasteiger partial charge on any atom is -0.493 e. The first-order chi connectivity index (χ1) is 15.3. The predicted molar refractivity (Wildman–Crippen MR) is 126 cm³/mol. The Hall–Kier alpha value is -3.11. The van der Waals surface area contributed by atoms with E-state index in [2.05, 4.69) is 10.3 Å². The number of rotatable bonds is 6. The lowest BCUT2D eigenvalue weighted by Gasteiger charge is -2.17. The number of hydrogen-bond acceptors (Lipinski definition) is 7. The van der Waals surface area contributed by atoms with E-state index in [0.29, 0.717) is 51.4 Å². The maximum absolute atomic E-state index is 12.9. The van der Waals surface area contributed by atoms with Crippen molar-refractivity contribution in [3.63, 3.8) is 0 Å². The molecule has 2 heterocycles. The minimum absolute atomic E-state index is 0.165. The van der Waals surface area contributed by atoms with Gasteiger partial charge in [-0.3, -0.25) is 9.10 Å². The van der Waals surface area contributed by atoms with E-state index in [1.807, 2.05) is 12.1 Å². The van der Waals surface area contributed by atoms with E-state index in [4.69, 9.17) is 9.47 Å². The Morgan fingerprint density at radius 1 is 1.09 bits per heavy atom. The SMILES string of the molecule is COc1ccc(-c2nc(C)c(C(=O)Nc3ccc(N4CCCS4(=O)=O)cc3)s2)cc1OC. The molecule has 0 aliphatic carbocycles. The normalized spacial score (nSPS) is 14.9. The molecule has 8 nitrogen and oxygen atoms in total. The molecule has 1 aliphatic rings. The summed E-state index contributed by atoms with van der Waals surface area (Å²) >= 11 is 1.29. The number of sulfonamides is 1. The molecule has 0 unspecified atom stereocenters. The Labute approximate surface area is 190 Å². The molecule has 0 radical (unpaired) electrons.